The minimum Gasteiger partial charge on any atom is -0.496 e. The third-order valence-corrected chi connectivity index (χ3v) is 4.04. The van der Waals surface area contributed by atoms with Gasteiger partial charge in [-0.1, -0.05) is 19.9 Å². The molecule has 0 aliphatic heterocycles. The molecule has 3 heteroatoms. The van der Waals surface area contributed by atoms with Gasteiger partial charge in [-0.2, -0.15) is 0 Å². The summed E-state index contributed by atoms with van der Waals surface area (Å²) in [5.74, 6) is 1.57. The van der Waals surface area contributed by atoms with E-state index in [9.17, 15) is 0 Å². The van der Waals surface area contributed by atoms with Crippen molar-refractivity contribution in [2.24, 2.45) is 5.92 Å². The summed E-state index contributed by atoms with van der Waals surface area (Å²) in [7, 11) is 1.72. The Balaban J connectivity index is 2.03. The van der Waals surface area contributed by atoms with Gasteiger partial charge in [0, 0.05) is 29.5 Å². The monoisotopic (exact) mass is 306 g/mol. The van der Waals surface area contributed by atoms with Crippen molar-refractivity contribution in [2.45, 2.75) is 26.7 Å². The molecular weight excluding hydrogens is 284 g/mol. The second-order valence-corrected chi connectivity index (χ2v) is 6.22. The van der Waals surface area contributed by atoms with Crippen LogP contribution in [0.25, 0.3) is 22.0 Å². The van der Waals surface area contributed by atoms with Gasteiger partial charge in [0.15, 0.2) is 0 Å². The topological polar surface area (TPSA) is 35.0 Å². The smallest absolute Gasteiger partial charge is 0.130 e. The van der Waals surface area contributed by atoms with Gasteiger partial charge in [-0.25, -0.2) is 0 Å². The Hall–Kier alpha value is -2.42. The summed E-state index contributed by atoms with van der Waals surface area (Å²) in [6.07, 6.45) is 5.74. The number of benzene rings is 1. The van der Waals surface area contributed by atoms with E-state index >= 15 is 0 Å². The van der Waals surface area contributed by atoms with Crippen LogP contribution in [0.1, 0.15) is 26.0 Å². The molecule has 1 aromatic carbocycles. The summed E-state index contributed by atoms with van der Waals surface area (Å²) in [4.78, 5) is 8.87. The summed E-state index contributed by atoms with van der Waals surface area (Å²) in [6, 6.07) is 12.4. The van der Waals surface area contributed by atoms with Crippen molar-refractivity contribution in [3.63, 3.8) is 0 Å². The van der Waals surface area contributed by atoms with E-state index in [-0.39, 0.29) is 0 Å². The molecule has 118 valence electrons. The molecule has 2 heterocycles. The van der Waals surface area contributed by atoms with Crippen molar-refractivity contribution in [1.82, 2.24) is 9.97 Å². The van der Waals surface area contributed by atoms with Crippen molar-refractivity contribution in [2.75, 3.05) is 7.11 Å². The fraction of sp³-hybridized carbons (Fsp3) is 0.300. The number of fused-ring (bicyclic) bond motifs is 1. The van der Waals surface area contributed by atoms with Gasteiger partial charge >= 0.3 is 0 Å². The van der Waals surface area contributed by atoms with Gasteiger partial charge in [-0.05, 0) is 54.2 Å². The number of rotatable bonds is 5. The van der Waals surface area contributed by atoms with Crippen molar-refractivity contribution in [1.29, 1.82) is 0 Å². The van der Waals surface area contributed by atoms with E-state index in [0.29, 0.717) is 5.92 Å². The highest BCUT2D eigenvalue weighted by Gasteiger charge is 2.09. The number of hydrogen-bond acceptors (Lipinski definition) is 3. The molecule has 2 aromatic heterocycles. The normalized spacial score (nSPS) is 11.1. The van der Waals surface area contributed by atoms with Crippen molar-refractivity contribution < 1.29 is 4.74 Å². The van der Waals surface area contributed by atoms with E-state index in [1.54, 1.807) is 7.11 Å². The zero-order valence-electron chi connectivity index (χ0n) is 13.9. The Bertz CT molecular complexity index is 797. The maximum atomic E-state index is 5.61. The molecule has 0 unspecified atom stereocenters. The number of nitrogens with zero attached hydrogens (tertiary/aromatic N) is 2. The molecule has 0 aliphatic rings. The van der Waals surface area contributed by atoms with Crippen molar-refractivity contribution in [3.8, 4) is 16.9 Å². The largest absolute Gasteiger partial charge is 0.496 e. The van der Waals surface area contributed by atoms with Gasteiger partial charge in [-0.15, -0.1) is 0 Å². The third-order valence-electron chi connectivity index (χ3n) is 4.04. The lowest BCUT2D eigenvalue weighted by Gasteiger charge is -2.11. The molecule has 0 radical (unpaired) electrons. The van der Waals surface area contributed by atoms with Crippen LogP contribution in [-0.4, -0.2) is 17.1 Å². The first-order valence-corrected chi connectivity index (χ1v) is 8.05. The van der Waals surface area contributed by atoms with Crippen LogP contribution in [0.15, 0.2) is 48.8 Å². The predicted octanol–water partition coefficient (Wildman–Crippen LogP) is 4.89. The predicted molar refractivity (Wildman–Crippen MR) is 94.7 cm³/mol. The SMILES string of the molecule is COc1cc(CCC(C)C)nc2ccc(-c3ccncc3)cc12. The Morgan fingerprint density at radius 3 is 2.48 bits per heavy atom. The standard InChI is InChI=1S/C20H22N2O/c1-14(2)4-6-17-13-20(23-3)18-12-16(5-7-19(18)22-17)15-8-10-21-11-9-15/h5,7-14H,4,6H2,1-3H3. The maximum absolute atomic E-state index is 5.61. The van der Waals surface area contributed by atoms with Crippen LogP contribution in [0.2, 0.25) is 0 Å². The number of methoxy groups -OCH3 is 1. The Kier molecular flexibility index (Phi) is 4.56. The second kappa shape index (κ2) is 6.78. The number of pyridine rings is 2. The highest BCUT2D eigenvalue weighted by Crippen LogP contribution is 2.30. The van der Waals surface area contributed by atoms with E-state index < -0.39 is 0 Å². The fourth-order valence-electron chi connectivity index (χ4n) is 2.70. The summed E-state index contributed by atoms with van der Waals surface area (Å²) in [6.45, 7) is 4.47. The zero-order valence-corrected chi connectivity index (χ0v) is 13.9. The molecule has 0 atom stereocenters. The molecule has 0 bridgehead atoms. The van der Waals surface area contributed by atoms with Crippen LogP contribution in [0, 0.1) is 5.92 Å². The molecular formula is C20H22N2O. The van der Waals surface area contributed by atoms with E-state index in [1.165, 1.54) is 0 Å². The van der Waals surface area contributed by atoms with Crippen LogP contribution in [0.3, 0.4) is 0 Å². The first-order valence-electron chi connectivity index (χ1n) is 8.05. The molecule has 0 saturated carbocycles. The highest BCUT2D eigenvalue weighted by molar-refractivity contribution is 5.89. The molecule has 0 spiro atoms. The summed E-state index contributed by atoms with van der Waals surface area (Å²) >= 11 is 0. The molecule has 3 rings (SSSR count). The summed E-state index contributed by atoms with van der Waals surface area (Å²) in [5.41, 5.74) is 4.38. The van der Waals surface area contributed by atoms with Gasteiger partial charge in [0.2, 0.25) is 0 Å². The van der Waals surface area contributed by atoms with Crippen molar-refractivity contribution >= 4 is 10.9 Å². The van der Waals surface area contributed by atoms with E-state index in [0.717, 1.165) is 46.3 Å². The molecule has 0 fully saturated rings. The van der Waals surface area contributed by atoms with E-state index in [1.807, 2.05) is 24.5 Å². The fourth-order valence-corrected chi connectivity index (χ4v) is 2.70. The van der Waals surface area contributed by atoms with Crippen LogP contribution in [0.4, 0.5) is 0 Å². The minimum absolute atomic E-state index is 0.674. The summed E-state index contributed by atoms with van der Waals surface area (Å²) < 4.78 is 5.61. The lowest BCUT2D eigenvalue weighted by atomic mass is 10.0. The van der Waals surface area contributed by atoms with Gasteiger partial charge in [-0.3, -0.25) is 9.97 Å². The minimum atomic E-state index is 0.674. The number of aromatic nitrogens is 2. The molecule has 3 aromatic rings. The first kappa shape index (κ1) is 15.5. The number of hydrogen-bond donors (Lipinski definition) is 0. The lowest BCUT2D eigenvalue weighted by Crippen LogP contribution is -1.97. The Morgan fingerprint density at radius 1 is 1.00 bits per heavy atom. The highest BCUT2D eigenvalue weighted by atomic mass is 16.5. The van der Waals surface area contributed by atoms with Gasteiger partial charge in [0.25, 0.3) is 0 Å². The Morgan fingerprint density at radius 2 is 1.78 bits per heavy atom. The van der Waals surface area contributed by atoms with Crippen LogP contribution >= 0.6 is 0 Å². The molecule has 3 nitrogen and oxygen atoms in total. The average molecular weight is 306 g/mol. The number of ether oxygens (including phenoxy) is 1. The van der Waals surface area contributed by atoms with E-state index in [2.05, 4.69) is 43.1 Å². The molecule has 0 saturated heterocycles. The maximum Gasteiger partial charge on any atom is 0.130 e. The third kappa shape index (κ3) is 3.50. The molecule has 0 N–H and O–H groups in total. The van der Waals surface area contributed by atoms with E-state index in [4.69, 9.17) is 9.72 Å². The van der Waals surface area contributed by atoms with Crippen LogP contribution in [0.5, 0.6) is 5.75 Å². The Labute approximate surface area is 137 Å². The van der Waals surface area contributed by atoms with Gasteiger partial charge in [0.05, 0.1) is 12.6 Å². The van der Waals surface area contributed by atoms with Crippen LogP contribution in [-0.2, 0) is 6.42 Å². The molecule has 0 amide bonds. The van der Waals surface area contributed by atoms with Crippen LogP contribution < -0.4 is 4.74 Å². The summed E-state index contributed by atoms with van der Waals surface area (Å²) in [5, 5.41) is 1.05. The first-order chi connectivity index (χ1) is 11.2. The molecule has 0 aliphatic carbocycles. The van der Waals surface area contributed by atoms with Gasteiger partial charge < -0.3 is 4.74 Å². The number of aryl methyl sites for hydroxylation is 1. The van der Waals surface area contributed by atoms with Gasteiger partial charge in [0.1, 0.15) is 5.75 Å². The quantitative estimate of drug-likeness (QED) is 0.673. The lowest BCUT2D eigenvalue weighted by molar-refractivity contribution is 0.418. The molecule has 23 heavy (non-hydrogen) atoms. The zero-order chi connectivity index (χ0) is 16.2. The average Bonchev–Trinajstić information content (AvgIpc) is 2.59. The second-order valence-electron chi connectivity index (χ2n) is 6.22. The van der Waals surface area contributed by atoms with Crippen molar-refractivity contribution in [3.05, 3.63) is 54.5 Å².